The van der Waals surface area contributed by atoms with Crippen molar-refractivity contribution >= 4 is 11.8 Å². The number of para-hydroxylation sites is 1. The molecule has 0 unspecified atom stereocenters. The zero-order valence-electron chi connectivity index (χ0n) is 12.2. The van der Waals surface area contributed by atoms with E-state index in [1.165, 1.54) is 6.20 Å². The van der Waals surface area contributed by atoms with Gasteiger partial charge < -0.3 is 14.7 Å². The van der Waals surface area contributed by atoms with Crippen LogP contribution >= 0.6 is 0 Å². The van der Waals surface area contributed by atoms with Crippen LogP contribution in [0, 0.1) is 0 Å². The highest BCUT2D eigenvalue weighted by Crippen LogP contribution is 2.29. The van der Waals surface area contributed by atoms with Gasteiger partial charge in [-0.2, -0.15) is 0 Å². The first kappa shape index (κ1) is 14.8. The SMILES string of the molecule is CCOc1ccccc1-c1ncc(C(=O)O)c(N(C)C)n1. The number of hydrogen-bond donors (Lipinski definition) is 1. The number of carbonyl (C=O) groups is 1. The number of carboxylic acid groups (broad SMARTS) is 1. The van der Waals surface area contributed by atoms with E-state index in [1.807, 2.05) is 31.2 Å². The van der Waals surface area contributed by atoms with Crippen LogP contribution in [0.1, 0.15) is 17.3 Å². The highest BCUT2D eigenvalue weighted by atomic mass is 16.5. The van der Waals surface area contributed by atoms with Crippen molar-refractivity contribution in [3.63, 3.8) is 0 Å². The Hall–Kier alpha value is -2.63. The van der Waals surface area contributed by atoms with Crippen LogP contribution in [-0.2, 0) is 0 Å². The van der Waals surface area contributed by atoms with E-state index < -0.39 is 5.97 Å². The van der Waals surface area contributed by atoms with Gasteiger partial charge >= 0.3 is 5.97 Å². The molecule has 0 amide bonds. The van der Waals surface area contributed by atoms with Crippen molar-refractivity contribution < 1.29 is 14.6 Å². The van der Waals surface area contributed by atoms with Crippen LogP contribution in [0.5, 0.6) is 5.75 Å². The molecule has 1 heterocycles. The summed E-state index contributed by atoms with van der Waals surface area (Å²) in [5.74, 6) is 0.419. The summed E-state index contributed by atoms with van der Waals surface area (Å²) in [5, 5.41) is 9.18. The second-order valence-corrected chi connectivity index (χ2v) is 4.56. The third-order valence-electron chi connectivity index (χ3n) is 2.85. The minimum absolute atomic E-state index is 0.0673. The fraction of sp³-hybridized carbons (Fsp3) is 0.267. The third kappa shape index (κ3) is 3.10. The Bertz CT molecular complexity index is 656. The van der Waals surface area contributed by atoms with Gasteiger partial charge in [-0.25, -0.2) is 14.8 Å². The molecule has 1 N–H and O–H groups in total. The Morgan fingerprint density at radius 1 is 1.33 bits per heavy atom. The molecule has 0 saturated heterocycles. The van der Waals surface area contributed by atoms with Crippen molar-refractivity contribution in [3.05, 3.63) is 36.0 Å². The molecule has 110 valence electrons. The van der Waals surface area contributed by atoms with Gasteiger partial charge in [-0.05, 0) is 19.1 Å². The Balaban J connectivity index is 2.55. The summed E-state index contributed by atoms with van der Waals surface area (Å²) in [5.41, 5.74) is 0.803. The van der Waals surface area contributed by atoms with Crippen LogP contribution in [-0.4, -0.2) is 41.7 Å². The van der Waals surface area contributed by atoms with Crippen LogP contribution in [0.4, 0.5) is 5.82 Å². The smallest absolute Gasteiger partial charge is 0.341 e. The number of anilines is 1. The first-order chi connectivity index (χ1) is 10.0. The van der Waals surface area contributed by atoms with Crippen molar-refractivity contribution in [3.8, 4) is 17.1 Å². The number of aromatic nitrogens is 2. The summed E-state index contributed by atoms with van der Waals surface area (Å²) in [4.78, 5) is 21.4. The van der Waals surface area contributed by atoms with Crippen molar-refractivity contribution in [2.24, 2.45) is 0 Å². The molecule has 21 heavy (non-hydrogen) atoms. The van der Waals surface area contributed by atoms with E-state index in [0.29, 0.717) is 24.0 Å². The van der Waals surface area contributed by atoms with Crippen LogP contribution < -0.4 is 9.64 Å². The largest absolute Gasteiger partial charge is 0.493 e. The summed E-state index contributed by atoms with van der Waals surface area (Å²) >= 11 is 0. The number of nitrogens with zero attached hydrogens (tertiary/aromatic N) is 3. The minimum Gasteiger partial charge on any atom is -0.493 e. The van der Waals surface area contributed by atoms with E-state index in [9.17, 15) is 9.90 Å². The number of ether oxygens (including phenoxy) is 1. The summed E-state index contributed by atoms with van der Waals surface area (Å²) < 4.78 is 5.56. The summed E-state index contributed by atoms with van der Waals surface area (Å²) in [6.45, 7) is 2.43. The maximum absolute atomic E-state index is 11.2. The molecule has 0 fully saturated rings. The molecule has 0 aliphatic rings. The standard InChI is InChI=1S/C15H17N3O3/c1-4-21-12-8-6-5-7-10(12)13-16-9-11(15(19)20)14(17-13)18(2)3/h5-9H,4H2,1-3H3,(H,19,20). The predicted octanol–water partition coefficient (Wildman–Crippen LogP) is 2.31. The molecule has 2 aromatic rings. The topological polar surface area (TPSA) is 75.6 Å². The van der Waals surface area contributed by atoms with Crippen molar-refractivity contribution in [1.82, 2.24) is 9.97 Å². The zero-order valence-corrected chi connectivity index (χ0v) is 12.2. The molecular weight excluding hydrogens is 270 g/mol. The Morgan fingerprint density at radius 2 is 2.05 bits per heavy atom. The van der Waals surface area contributed by atoms with Gasteiger partial charge in [0, 0.05) is 20.3 Å². The zero-order chi connectivity index (χ0) is 15.4. The molecule has 6 nitrogen and oxygen atoms in total. The lowest BCUT2D eigenvalue weighted by molar-refractivity contribution is 0.0697. The molecule has 1 aromatic heterocycles. The predicted molar refractivity (Wildman–Crippen MR) is 79.9 cm³/mol. The van der Waals surface area contributed by atoms with Crippen molar-refractivity contribution in [1.29, 1.82) is 0 Å². The number of carboxylic acids is 1. The van der Waals surface area contributed by atoms with Gasteiger partial charge in [0.05, 0.1) is 12.2 Å². The lowest BCUT2D eigenvalue weighted by Gasteiger charge is -2.15. The summed E-state index contributed by atoms with van der Waals surface area (Å²) in [7, 11) is 3.49. The molecule has 1 aromatic carbocycles. The Labute approximate surface area is 123 Å². The average Bonchev–Trinajstić information content (AvgIpc) is 2.47. The highest BCUT2D eigenvalue weighted by molar-refractivity contribution is 5.93. The second kappa shape index (κ2) is 6.21. The molecule has 0 radical (unpaired) electrons. The fourth-order valence-corrected chi connectivity index (χ4v) is 1.93. The fourth-order valence-electron chi connectivity index (χ4n) is 1.93. The van der Waals surface area contributed by atoms with Crippen molar-refractivity contribution in [2.75, 3.05) is 25.6 Å². The maximum atomic E-state index is 11.2. The van der Waals surface area contributed by atoms with Gasteiger partial charge in [-0.1, -0.05) is 12.1 Å². The molecule has 0 aliphatic heterocycles. The molecule has 2 rings (SSSR count). The monoisotopic (exact) mass is 287 g/mol. The molecule has 0 aliphatic carbocycles. The lowest BCUT2D eigenvalue weighted by Crippen LogP contribution is -2.16. The molecule has 6 heteroatoms. The normalized spacial score (nSPS) is 10.2. The lowest BCUT2D eigenvalue weighted by atomic mass is 10.1. The van der Waals surface area contributed by atoms with Crippen molar-refractivity contribution in [2.45, 2.75) is 6.92 Å². The highest BCUT2D eigenvalue weighted by Gasteiger charge is 2.17. The first-order valence-corrected chi connectivity index (χ1v) is 6.54. The van der Waals surface area contributed by atoms with Crippen LogP contribution in [0.3, 0.4) is 0 Å². The molecule has 0 spiro atoms. The molecule has 0 atom stereocenters. The molecular formula is C15H17N3O3. The van der Waals surface area contributed by atoms with E-state index >= 15 is 0 Å². The third-order valence-corrected chi connectivity index (χ3v) is 2.85. The Morgan fingerprint density at radius 3 is 2.67 bits per heavy atom. The van der Waals surface area contributed by atoms with Gasteiger partial charge in [0.15, 0.2) is 5.82 Å². The van der Waals surface area contributed by atoms with E-state index in [2.05, 4.69) is 9.97 Å². The number of hydrogen-bond acceptors (Lipinski definition) is 5. The van der Waals surface area contributed by atoms with E-state index in [4.69, 9.17) is 4.74 Å². The van der Waals surface area contributed by atoms with Crippen LogP contribution in [0.2, 0.25) is 0 Å². The minimum atomic E-state index is -1.05. The van der Waals surface area contributed by atoms with Gasteiger partial charge in [0.1, 0.15) is 17.1 Å². The van der Waals surface area contributed by atoms with Gasteiger partial charge in [0.2, 0.25) is 0 Å². The number of rotatable bonds is 5. The summed E-state index contributed by atoms with van der Waals surface area (Å²) in [6, 6.07) is 7.41. The average molecular weight is 287 g/mol. The van der Waals surface area contributed by atoms with Gasteiger partial charge in [0.25, 0.3) is 0 Å². The van der Waals surface area contributed by atoms with Crippen LogP contribution in [0.25, 0.3) is 11.4 Å². The second-order valence-electron chi connectivity index (χ2n) is 4.56. The number of aromatic carboxylic acids is 1. The number of benzene rings is 1. The Kier molecular flexibility index (Phi) is 4.37. The quantitative estimate of drug-likeness (QED) is 0.909. The summed E-state index contributed by atoms with van der Waals surface area (Å²) in [6.07, 6.45) is 1.32. The molecule has 0 saturated carbocycles. The van der Waals surface area contributed by atoms with Gasteiger partial charge in [-0.15, -0.1) is 0 Å². The first-order valence-electron chi connectivity index (χ1n) is 6.54. The van der Waals surface area contributed by atoms with E-state index in [-0.39, 0.29) is 5.56 Å². The van der Waals surface area contributed by atoms with E-state index in [1.54, 1.807) is 19.0 Å². The van der Waals surface area contributed by atoms with E-state index in [0.717, 1.165) is 5.56 Å². The van der Waals surface area contributed by atoms with Gasteiger partial charge in [-0.3, -0.25) is 0 Å². The van der Waals surface area contributed by atoms with Crippen LogP contribution in [0.15, 0.2) is 30.5 Å². The maximum Gasteiger partial charge on any atom is 0.341 e. The molecule has 0 bridgehead atoms.